The first-order valence-corrected chi connectivity index (χ1v) is 11.4. The zero-order chi connectivity index (χ0) is 20.5. The van der Waals surface area contributed by atoms with Crippen LogP contribution in [-0.4, -0.2) is 72.3 Å². The lowest BCUT2D eigenvalue weighted by Gasteiger charge is -2.30. The first-order chi connectivity index (χ1) is 14.7. The number of nitrogens with zero attached hydrogens (tertiary/aromatic N) is 4. The Bertz CT molecular complexity index is 1010. The largest absolute Gasteiger partial charge is 0.379 e. The number of morpholine rings is 1. The summed E-state index contributed by atoms with van der Waals surface area (Å²) in [4.78, 5) is 17.5. The minimum absolute atomic E-state index is 0.461. The Hall–Kier alpha value is -2.16. The van der Waals surface area contributed by atoms with Gasteiger partial charge in [0.1, 0.15) is 11.3 Å². The van der Waals surface area contributed by atoms with Crippen LogP contribution in [0.25, 0.3) is 22.6 Å². The summed E-state index contributed by atoms with van der Waals surface area (Å²) in [7, 11) is 2.18. The topological polar surface area (TPSA) is 69.3 Å². The number of likely N-dealkylation sites (tertiary alicyclic amines) is 1. The van der Waals surface area contributed by atoms with Crippen LogP contribution in [0.1, 0.15) is 12.8 Å². The van der Waals surface area contributed by atoms with Gasteiger partial charge in [-0.2, -0.15) is 0 Å². The van der Waals surface area contributed by atoms with Crippen LogP contribution >= 0.6 is 15.9 Å². The van der Waals surface area contributed by atoms with E-state index in [0.717, 1.165) is 84.9 Å². The molecule has 3 aromatic rings. The fourth-order valence-corrected chi connectivity index (χ4v) is 4.64. The molecule has 8 heteroatoms. The van der Waals surface area contributed by atoms with Crippen LogP contribution in [-0.2, 0) is 4.74 Å². The summed E-state index contributed by atoms with van der Waals surface area (Å²) < 4.78 is 6.42. The molecule has 0 spiro atoms. The van der Waals surface area contributed by atoms with Crippen LogP contribution in [0.15, 0.2) is 34.9 Å². The Balaban J connectivity index is 1.40. The van der Waals surface area contributed by atoms with Crippen LogP contribution in [0.3, 0.4) is 0 Å². The SMILES string of the molecule is CN1CCC(Nc2c(Br)cnc3nc(-c4ccc(N5CCOCC5)cc4)[nH]c23)CC1. The summed E-state index contributed by atoms with van der Waals surface area (Å²) >= 11 is 3.68. The molecular weight excluding hydrogens is 444 g/mol. The van der Waals surface area contributed by atoms with Crippen molar-refractivity contribution in [2.45, 2.75) is 18.9 Å². The molecule has 0 saturated carbocycles. The normalized spacial score (nSPS) is 18.8. The number of hydrogen-bond acceptors (Lipinski definition) is 6. The summed E-state index contributed by atoms with van der Waals surface area (Å²) in [6, 6.07) is 9.04. The van der Waals surface area contributed by atoms with E-state index in [4.69, 9.17) is 9.72 Å². The first-order valence-electron chi connectivity index (χ1n) is 10.6. The van der Waals surface area contributed by atoms with Gasteiger partial charge in [0.05, 0.1) is 23.4 Å². The minimum atomic E-state index is 0.461. The van der Waals surface area contributed by atoms with Gasteiger partial charge in [0.2, 0.25) is 0 Å². The number of halogens is 1. The lowest BCUT2D eigenvalue weighted by molar-refractivity contribution is 0.122. The fraction of sp³-hybridized carbons (Fsp3) is 0.455. The average molecular weight is 471 g/mol. The third-order valence-electron chi connectivity index (χ3n) is 6.06. The van der Waals surface area contributed by atoms with E-state index in [1.807, 2.05) is 6.20 Å². The highest BCUT2D eigenvalue weighted by Crippen LogP contribution is 2.32. The molecule has 2 aromatic heterocycles. The van der Waals surface area contributed by atoms with Gasteiger partial charge in [0, 0.05) is 36.6 Å². The molecule has 0 bridgehead atoms. The fourth-order valence-electron chi connectivity index (χ4n) is 4.22. The van der Waals surface area contributed by atoms with Crippen molar-refractivity contribution >= 4 is 38.5 Å². The highest BCUT2D eigenvalue weighted by Gasteiger charge is 2.20. The van der Waals surface area contributed by atoms with Crippen molar-refractivity contribution in [1.82, 2.24) is 19.9 Å². The molecule has 2 aliphatic heterocycles. The Morgan fingerprint density at radius 2 is 1.83 bits per heavy atom. The number of aromatic amines is 1. The molecule has 2 fully saturated rings. The van der Waals surface area contributed by atoms with Gasteiger partial charge >= 0.3 is 0 Å². The molecule has 7 nitrogen and oxygen atoms in total. The standard InChI is InChI=1S/C22H27BrN6O/c1-28-8-6-16(7-9-28)25-19-18(23)14-24-22-20(19)26-21(27-22)15-2-4-17(5-3-15)29-10-12-30-13-11-29/h2-5,14,16H,6-13H2,1H3,(H2,24,25,26,27). The number of imidazole rings is 1. The van der Waals surface area contributed by atoms with Gasteiger partial charge < -0.3 is 24.8 Å². The van der Waals surface area contributed by atoms with E-state index in [2.05, 4.69) is 72.3 Å². The molecule has 0 aliphatic carbocycles. The quantitative estimate of drug-likeness (QED) is 0.605. The maximum atomic E-state index is 5.45. The molecule has 0 atom stereocenters. The van der Waals surface area contributed by atoms with Crippen molar-refractivity contribution < 1.29 is 4.74 Å². The molecule has 30 heavy (non-hydrogen) atoms. The lowest BCUT2D eigenvalue weighted by Crippen LogP contribution is -2.36. The van der Waals surface area contributed by atoms with E-state index in [9.17, 15) is 0 Å². The maximum Gasteiger partial charge on any atom is 0.180 e. The highest BCUT2D eigenvalue weighted by molar-refractivity contribution is 9.10. The number of anilines is 2. The van der Waals surface area contributed by atoms with E-state index in [1.54, 1.807) is 0 Å². The van der Waals surface area contributed by atoms with Gasteiger partial charge in [-0.15, -0.1) is 0 Å². The number of pyridine rings is 1. The molecule has 158 valence electrons. The summed E-state index contributed by atoms with van der Waals surface area (Å²) in [5.74, 6) is 0.843. The number of rotatable bonds is 4. The molecule has 2 saturated heterocycles. The number of hydrogen-bond donors (Lipinski definition) is 2. The van der Waals surface area contributed by atoms with Gasteiger partial charge in [-0.3, -0.25) is 0 Å². The Labute approximate surface area is 185 Å². The molecule has 2 N–H and O–H groups in total. The van der Waals surface area contributed by atoms with Gasteiger partial charge in [-0.25, -0.2) is 9.97 Å². The Morgan fingerprint density at radius 1 is 1.10 bits per heavy atom. The first kappa shape index (κ1) is 19.8. The Morgan fingerprint density at radius 3 is 2.57 bits per heavy atom. The summed E-state index contributed by atoms with van der Waals surface area (Å²) in [6.07, 6.45) is 4.11. The predicted octanol–water partition coefficient (Wildman–Crippen LogP) is 3.73. The molecule has 0 unspecified atom stereocenters. The van der Waals surface area contributed by atoms with Gasteiger partial charge in [-0.1, -0.05) is 0 Å². The van der Waals surface area contributed by atoms with E-state index >= 15 is 0 Å². The average Bonchev–Trinajstić information content (AvgIpc) is 3.22. The number of benzene rings is 1. The van der Waals surface area contributed by atoms with Crippen molar-refractivity contribution in [3.8, 4) is 11.4 Å². The zero-order valence-electron chi connectivity index (χ0n) is 17.2. The summed E-state index contributed by atoms with van der Waals surface area (Å²) in [6.45, 7) is 5.69. The van der Waals surface area contributed by atoms with Crippen LogP contribution in [0, 0.1) is 0 Å². The second kappa shape index (κ2) is 8.53. The highest BCUT2D eigenvalue weighted by atomic mass is 79.9. The van der Waals surface area contributed by atoms with Crippen LogP contribution < -0.4 is 10.2 Å². The van der Waals surface area contributed by atoms with E-state index < -0.39 is 0 Å². The van der Waals surface area contributed by atoms with E-state index in [1.165, 1.54) is 5.69 Å². The van der Waals surface area contributed by atoms with Crippen LogP contribution in [0.4, 0.5) is 11.4 Å². The Kier molecular flexibility index (Phi) is 5.62. The van der Waals surface area contributed by atoms with Gasteiger partial charge in [0.25, 0.3) is 0 Å². The number of aromatic nitrogens is 3. The van der Waals surface area contributed by atoms with Gasteiger partial charge in [0.15, 0.2) is 5.65 Å². The predicted molar refractivity (Wildman–Crippen MR) is 124 cm³/mol. The number of fused-ring (bicyclic) bond motifs is 1. The van der Waals surface area contributed by atoms with Gasteiger partial charge in [-0.05, 0) is 73.2 Å². The minimum Gasteiger partial charge on any atom is -0.379 e. The maximum absolute atomic E-state index is 5.45. The second-order valence-electron chi connectivity index (χ2n) is 8.13. The number of H-pyrrole nitrogens is 1. The third kappa shape index (κ3) is 4.04. The smallest absolute Gasteiger partial charge is 0.180 e. The van der Waals surface area contributed by atoms with Crippen molar-refractivity contribution in [3.05, 3.63) is 34.9 Å². The molecule has 2 aliphatic rings. The monoisotopic (exact) mass is 470 g/mol. The van der Waals surface area contributed by atoms with E-state index in [0.29, 0.717) is 6.04 Å². The summed E-state index contributed by atoms with van der Waals surface area (Å²) in [5, 5.41) is 3.73. The van der Waals surface area contributed by atoms with Crippen molar-refractivity contribution in [1.29, 1.82) is 0 Å². The number of nitrogens with one attached hydrogen (secondary N) is 2. The zero-order valence-corrected chi connectivity index (χ0v) is 18.8. The molecule has 1 aromatic carbocycles. The molecule has 0 amide bonds. The molecule has 4 heterocycles. The molecular formula is C22H27BrN6O. The second-order valence-corrected chi connectivity index (χ2v) is 8.99. The van der Waals surface area contributed by atoms with Crippen molar-refractivity contribution in [2.75, 3.05) is 56.7 Å². The van der Waals surface area contributed by atoms with Crippen molar-refractivity contribution in [3.63, 3.8) is 0 Å². The van der Waals surface area contributed by atoms with Crippen LogP contribution in [0.5, 0.6) is 0 Å². The lowest BCUT2D eigenvalue weighted by atomic mass is 10.1. The van der Waals surface area contributed by atoms with Crippen LogP contribution in [0.2, 0.25) is 0 Å². The van der Waals surface area contributed by atoms with Crippen molar-refractivity contribution in [2.24, 2.45) is 0 Å². The molecule has 5 rings (SSSR count). The summed E-state index contributed by atoms with van der Waals surface area (Å²) in [5.41, 5.74) is 5.03. The van der Waals surface area contributed by atoms with E-state index in [-0.39, 0.29) is 0 Å². The number of ether oxygens (including phenoxy) is 1. The number of piperidine rings is 1. The third-order valence-corrected chi connectivity index (χ3v) is 6.66. The molecule has 0 radical (unpaired) electrons.